The van der Waals surface area contributed by atoms with Crippen LogP contribution in [0, 0.1) is 0 Å². The maximum atomic E-state index is 12.3. The van der Waals surface area contributed by atoms with Crippen LogP contribution < -0.4 is 10.1 Å². The molecule has 0 saturated heterocycles. The minimum Gasteiger partial charge on any atom is -0.492 e. The van der Waals surface area contributed by atoms with Gasteiger partial charge < -0.3 is 14.6 Å². The molecule has 0 saturated carbocycles. The number of aromatic nitrogens is 1. The van der Waals surface area contributed by atoms with Crippen molar-refractivity contribution < 1.29 is 14.1 Å². The summed E-state index contributed by atoms with van der Waals surface area (Å²) in [6.45, 7) is 2.41. The van der Waals surface area contributed by atoms with Crippen LogP contribution in [0.15, 0.2) is 65.2 Å². The van der Waals surface area contributed by atoms with E-state index in [9.17, 15) is 4.79 Å². The number of nitrogens with one attached hydrogen (secondary N) is 1. The Morgan fingerprint density at radius 1 is 1.13 bits per heavy atom. The van der Waals surface area contributed by atoms with Gasteiger partial charge in [0.1, 0.15) is 11.4 Å². The van der Waals surface area contributed by atoms with Crippen molar-refractivity contribution in [3.05, 3.63) is 66.4 Å². The molecule has 5 heteroatoms. The summed E-state index contributed by atoms with van der Waals surface area (Å²) in [5.41, 5.74) is 2.11. The fourth-order valence-corrected chi connectivity index (χ4v) is 2.16. The van der Waals surface area contributed by atoms with E-state index in [1.165, 1.54) is 0 Å². The van der Waals surface area contributed by atoms with Gasteiger partial charge in [-0.3, -0.25) is 4.79 Å². The van der Waals surface area contributed by atoms with Crippen LogP contribution in [-0.2, 0) is 0 Å². The lowest BCUT2D eigenvalue weighted by Crippen LogP contribution is -2.12. The lowest BCUT2D eigenvalue weighted by molar-refractivity contribution is 0.0987. The van der Waals surface area contributed by atoms with Gasteiger partial charge in [-0.1, -0.05) is 47.6 Å². The molecule has 0 fully saturated rings. The molecule has 2 aromatic carbocycles. The van der Waals surface area contributed by atoms with E-state index in [1.54, 1.807) is 18.2 Å². The average molecular weight is 308 g/mol. The molecule has 1 heterocycles. The van der Waals surface area contributed by atoms with Crippen LogP contribution >= 0.6 is 0 Å². The van der Waals surface area contributed by atoms with E-state index in [0.29, 0.717) is 23.7 Å². The number of hydrogen-bond donors (Lipinski definition) is 1. The molecule has 3 rings (SSSR count). The van der Waals surface area contributed by atoms with Gasteiger partial charge in [0.2, 0.25) is 5.76 Å². The van der Waals surface area contributed by atoms with Gasteiger partial charge in [0, 0.05) is 11.6 Å². The monoisotopic (exact) mass is 308 g/mol. The number of anilines is 1. The highest BCUT2D eigenvalue weighted by Gasteiger charge is 2.15. The number of carbonyl (C=O) groups excluding carboxylic acids is 1. The number of para-hydroxylation sites is 2. The lowest BCUT2D eigenvalue weighted by atomic mass is 10.1. The minimum absolute atomic E-state index is 0.148. The van der Waals surface area contributed by atoms with E-state index in [2.05, 4.69) is 10.5 Å². The fourth-order valence-electron chi connectivity index (χ4n) is 2.16. The highest BCUT2D eigenvalue weighted by Crippen LogP contribution is 2.25. The molecule has 0 aliphatic carbocycles. The molecule has 5 nitrogen and oxygen atoms in total. The second-order valence-corrected chi connectivity index (χ2v) is 4.83. The highest BCUT2D eigenvalue weighted by molar-refractivity contribution is 6.03. The molecule has 0 unspecified atom stereocenters. The van der Waals surface area contributed by atoms with Gasteiger partial charge in [-0.25, -0.2) is 0 Å². The number of rotatable bonds is 5. The van der Waals surface area contributed by atoms with Gasteiger partial charge in [0.15, 0.2) is 0 Å². The summed E-state index contributed by atoms with van der Waals surface area (Å²) >= 11 is 0. The quantitative estimate of drug-likeness (QED) is 0.774. The predicted octanol–water partition coefficient (Wildman–Crippen LogP) is 3.99. The summed E-state index contributed by atoms with van der Waals surface area (Å²) in [6.07, 6.45) is 0. The highest BCUT2D eigenvalue weighted by atomic mass is 16.5. The van der Waals surface area contributed by atoms with Crippen LogP contribution in [0.25, 0.3) is 11.3 Å². The molecule has 0 radical (unpaired) electrons. The Kier molecular flexibility index (Phi) is 4.38. The average Bonchev–Trinajstić information content (AvgIpc) is 3.08. The molecule has 0 bridgehead atoms. The second kappa shape index (κ2) is 6.79. The summed E-state index contributed by atoms with van der Waals surface area (Å²) in [4.78, 5) is 12.3. The maximum Gasteiger partial charge on any atom is 0.294 e. The number of benzene rings is 2. The zero-order chi connectivity index (χ0) is 16.1. The van der Waals surface area contributed by atoms with Crippen molar-refractivity contribution >= 4 is 11.6 Å². The third-order valence-corrected chi connectivity index (χ3v) is 3.24. The van der Waals surface area contributed by atoms with E-state index in [-0.39, 0.29) is 11.7 Å². The van der Waals surface area contributed by atoms with Crippen LogP contribution in [-0.4, -0.2) is 17.7 Å². The summed E-state index contributed by atoms with van der Waals surface area (Å²) in [7, 11) is 0. The first kappa shape index (κ1) is 14.8. The minimum atomic E-state index is -0.369. The van der Waals surface area contributed by atoms with E-state index < -0.39 is 0 Å². The maximum absolute atomic E-state index is 12.3. The molecule has 23 heavy (non-hydrogen) atoms. The van der Waals surface area contributed by atoms with Crippen molar-refractivity contribution in [1.82, 2.24) is 5.16 Å². The number of ether oxygens (including phenoxy) is 1. The Hall–Kier alpha value is -3.08. The first-order valence-corrected chi connectivity index (χ1v) is 7.33. The Labute approximate surface area is 133 Å². The smallest absolute Gasteiger partial charge is 0.294 e. The van der Waals surface area contributed by atoms with Gasteiger partial charge >= 0.3 is 0 Å². The SMILES string of the molecule is CCOc1ccccc1NC(=O)c1cc(-c2ccccc2)no1. The Balaban J connectivity index is 1.78. The van der Waals surface area contributed by atoms with Gasteiger partial charge in [-0.05, 0) is 19.1 Å². The molecular weight excluding hydrogens is 292 g/mol. The normalized spacial score (nSPS) is 10.3. The number of amides is 1. The van der Waals surface area contributed by atoms with Gasteiger partial charge in [-0.15, -0.1) is 0 Å². The van der Waals surface area contributed by atoms with Crippen LogP contribution in [0.5, 0.6) is 5.75 Å². The Bertz CT molecular complexity index is 797. The fraction of sp³-hybridized carbons (Fsp3) is 0.111. The van der Waals surface area contributed by atoms with E-state index in [0.717, 1.165) is 5.56 Å². The van der Waals surface area contributed by atoms with Crippen molar-refractivity contribution in [3.8, 4) is 17.0 Å². The lowest BCUT2D eigenvalue weighted by Gasteiger charge is -2.09. The first-order chi connectivity index (χ1) is 11.3. The van der Waals surface area contributed by atoms with Crippen LogP contribution in [0.1, 0.15) is 17.5 Å². The van der Waals surface area contributed by atoms with E-state index >= 15 is 0 Å². The zero-order valence-electron chi connectivity index (χ0n) is 12.7. The van der Waals surface area contributed by atoms with Gasteiger partial charge in [0.05, 0.1) is 12.3 Å². The standard InChI is InChI=1S/C18H16N2O3/c1-2-22-16-11-7-6-10-14(16)19-18(21)17-12-15(20-23-17)13-8-4-3-5-9-13/h3-12H,2H2,1H3,(H,19,21). The second-order valence-electron chi connectivity index (χ2n) is 4.83. The van der Waals surface area contributed by atoms with Crippen molar-refractivity contribution in [3.63, 3.8) is 0 Å². The molecule has 1 aromatic heterocycles. The number of carbonyl (C=O) groups is 1. The summed E-state index contributed by atoms with van der Waals surface area (Å²) < 4.78 is 10.6. The molecule has 1 amide bonds. The van der Waals surface area contributed by atoms with Crippen LogP contribution in [0.4, 0.5) is 5.69 Å². The summed E-state index contributed by atoms with van der Waals surface area (Å²) in [5, 5.41) is 6.72. The third kappa shape index (κ3) is 3.40. The third-order valence-electron chi connectivity index (χ3n) is 3.24. The van der Waals surface area contributed by atoms with Crippen molar-refractivity contribution in [2.45, 2.75) is 6.92 Å². The molecular formula is C18H16N2O3. The van der Waals surface area contributed by atoms with Crippen LogP contribution in [0.3, 0.4) is 0 Å². The van der Waals surface area contributed by atoms with Crippen molar-refractivity contribution in [1.29, 1.82) is 0 Å². The van der Waals surface area contributed by atoms with Crippen LogP contribution in [0.2, 0.25) is 0 Å². The van der Waals surface area contributed by atoms with Crippen molar-refractivity contribution in [2.24, 2.45) is 0 Å². The van der Waals surface area contributed by atoms with Gasteiger partial charge in [0.25, 0.3) is 5.91 Å². The Morgan fingerprint density at radius 2 is 1.87 bits per heavy atom. The number of nitrogens with zero attached hydrogens (tertiary/aromatic N) is 1. The molecule has 116 valence electrons. The largest absolute Gasteiger partial charge is 0.492 e. The Morgan fingerprint density at radius 3 is 2.65 bits per heavy atom. The van der Waals surface area contributed by atoms with E-state index in [4.69, 9.17) is 9.26 Å². The molecule has 3 aromatic rings. The predicted molar refractivity (Wildman–Crippen MR) is 87.5 cm³/mol. The van der Waals surface area contributed by atoms with Gasteiger partial charge in [-0.2, -0.15) is 0 Å². The topological polar surface area (TPSA) is 64.4 Å². The summed E-state index contributed by atoms with van der Waals surface area (Å²) in [6, 6.07) is 18.4. The number of hydrogen-bond acceptors (Lipinski definition) is 4. The molecule has 0 atom stereocenters. The summed E-state index contributed by atoms with van der Waals surface area (Å²) in [5.74, 6) is 0.396. The molecule has 0 aliphatic heterocycles. The molecule has 1 N–H and O–H groups in total. The molecule has 0 spiro atoms. The molecule has 0 aliphatic rings. The van der Waals surface area contributed by atoms with Crippen molar-refractivity contribution in [2.75, 3.05) is 11.9 Å². The first-order valence-electron chi connectivity index (χ1n) is 7.33. The zero-order valence-corrected chi connectivity index (χ0v) is 12.7. The van der Waals surface area contributed by atoms with E-state index in [1.807, 2.05) is 49.4 Å².